The Hall–Kier alpha value is -4.30. The van der Waals surface area contributed by atoms with E-state index in [0.717, 1.165) is 68.2 Å². The van der Waals surface area contributed by atoms with E-state index in [1.807, 2.05) is 59.4 Å². The number of nitrogens with one attached hydrogen (secondary N) is 1. The van der Waals surface area contributed by atoms with Crippen molar-refractivity contribution in [3.8, 4) is 17.2 Å². The molecule has 1 aliphatic heterocycles. The molecule has 6 rings (SSSR count). The van der Waals surface area contributed by atoms with Crippen LogP contribution in [0.15, 0.2) is 91.3 Å². The normalized spacial score (nSPS) is 19.7. The van der Waals surface area contributed by atoms with Gasteiger partial charge in [-0.1, -0.05) is 42.8 Å². The molecule has 1 aliphatic carbocycles. The Morgan fingerprint density at radius 1 is 0.977 bits per heavy atom. The minimum atomic E-state index is -0.336. The highest BCUT2D eigenvalue weighted by atomic mass is 16.5. The number of carbonyl (C=O) groups excluding carboxylic acids is 1. The Morgan fingerprint density at radius 2 is 1.79 bits per heavy atom. The maximum absolute atomic E-state index is 12.5. The zero-order valence-electron chi connectivity index (χ0n) is 24.9. The van der Waals surface area contributed by atoms with E-state index in [4.69, 9.17) is 19.3 Å². The summed E-state index contributed by atoms with van der Waals surface area (Å²) in [5.74, 6) is 1.97. The standard InChI is InChI=1S/C35H40N4O4/c1-41-31-16-14-30(15-17-31)39-23-28(20-36-39)27-18-33(24-38(22-27)21-25-8-4-3-5-9-25)43-32-13-7-12-29(19-32)37-34(35(40)42-2)26-10-6-11-26/h3-5,7-9,12-17,19-20,23,26-27,33-34,37H,6,10-11,18,21-22,24H2,1-2H3. The van der Waals surface area contributed by atoms with E-state index >= 15 is 0 Å². The minimum absolute atomic E-state index is 0.00918. The van der Waals surface area contributed by atoms with Crippen LogP contribution in [0.4, 0.5) is 5.69 Å². The van der Waals surface area contributed by atoms with Crippen LogP contribution in [0.25, 0.3) is 5.69 Å². The van der Waals surface area contributed by atoms with Crippen molar-refractivity contribution in [1.82, 2.24) is 14.7 Å². The SMILES string of the molecule is COC(=O)C(Nc1cccc(OC2CC(c3cnn(-c4ccc(OC)cc4)c3)CN(Cc3ccccc3)C2)c1)C1CCC1. The lowest BCUT2D eigenvalue weighted by molar-refractivity contribution is -0.143. The first-order valence-electron chi connectivity index (χ1n) is 15.1. The van der Waals surface area contributed by atoms with Crippen molar-refractivity contribution in [1.29, 1.82) is 0 Å². The van der Waals surface area contributed by atoms with Crippen LogP contribution in [-0.4, -0.2) is 60.1 Å². The van der Waals surface area contributed by atoms with Crippen LogP contribution < -0.4 is 14.8 Å². The van der Waals surface area contributed by atoms with E-state index in [2.05, 4.69) is 46.7 Å². The van der Waals surface area contributed by atoms with E-state index in [0.29, 0.717) is 5.92 Å². The predicted molar refractivity (Wildman–Crippen MR) is 167 cm³/mol. The first-order chi connectivity index (χ1) is 21.1. The van der Waals surface area contributed by atoms with Crippen LogP contribution in [0.5, 0.6) is 11.5 Å². The average Bonchev–Trinajstić information content (AvgIpc) is 3.51. The molecular weight excluding hydrogens is 540 g/mol. The summed E-state index contributed by atoms with van der Waals surface area (Å²) in [6, 6.07) is 26.1. The third-order valence-electron chi connectivity index (χ3n) is 8.68. The van der Waals surface area contributed by atoms with E-state index in [-0.39, 0.29) is 24.0 Å². The van der Waals surface area contributed by atoms with Crippen LogP contribution in [0.1, 0.15) is 42.7 Å². The minimum Gasteiger partial charge on any atom is -0.497 e. The quantitative estimate of drug-likeness (QED) is 0.216. The molecule has 2 heterocycles. The Bertz CT molecular complexity index is 1490. The molecule has 0 amide bonds. The van der Waals surface area contributed by atoms with Crippen molar-refractivity contribution < 1.29 is 19.0 Å². The lowest BCUT2D eigenvalue weighted by Crippen LogP contribution is -2.44. The summed E-state index contributed by atoms with van der Waals surface area (Å²) in [6.45, 7) is 2.60. The van der Waals surface area contributed by atoms with Crippen LogP contribution in [-0.2, 0) is 16.1 Å². The largest absolute Gasteiger partial charge is 0.497 e. The molecule has 1 saturated carbocycles. The maximum Gasteiger partial charge on any atom is 0.328 e. The monoisotopic (exact) mass is 580 g/mol. The third kappa shape index (κ3) is 7.03. The van der Waals surface area contributed by atoms with E-state index in [1.165, 1.54) is 18.2 Å². The molecule has 3 aromatic carbocycles. The first kappa shape index (κ1) is 28.8. The van der Waals surface area contributed by atoms with Crippen molar-refractivity contribution in [2.45, 2.75) is 50.3 Å². The molecule has 0 bridgehead atoms. The zero-order valence-corrected chi connectivity index (χ0v) is 24.9. The molecule has 3 unspecified atom stereocenters. The smallest absolute Gasteiger partial charge is 0.328 e. The Morgan fingerprint density at radius 3 is 2.51 bits per heavy atom. The number of esters is 1. The van der Waals surface area contributed by atoms with Crippen molar-refractivity contribution >= 4 is 11.7 Å². The van der Waals surface area contributed by atoms with E-state index in [1.54, 1.807) is 7.11 Å². The first-order valence-corrected chi connectivity index (χ1v) is 15.1. The second kappa shape index (κ2) is 13.3. The number of anilines is 1. The molecule has 1 aromatic heterocycles. The van der Waals surface area contributed by atoms with Crippen molar-refractivity contribution in [2.24, 2.45) is 5.92 Å². The molecule has 0 spiro atoms. The zero-order chi connectivity index (χ0) is 29.6. The molecule has 43 heavy (non-hydrogen) atoms. The fourth-order valence-electron chi connectivity index (χ4n) is 6.16. The molecule has 224 valence electrons. The molecule has 8 nitrogen and oxygen atoms in total. The molecule has 8 heteroatoms. The van der Waals surface area contributed by atoms with Gasteiger partial charge in [0.15, 0.2) is 0 Å². The number of aromatic nitrogens is 2. The number of likely N-dealkylation sites (tertiary alicyclic amines) is 1. The van der Waals surface area contributed by atoms with Gasteiger partial charge in [0.1, 0.15) is 23.6 Å². The van der Waals surface area contributed by atoms with Crippen molar-refractivity contribution in [3.63, 3.8) is 0 Å². The van der Waals surface area contributed by atoms with Gasteiger partial charge in [0.05, 0.1) is 26.1 Å². The Balaban J connectivity index is 1.19. The average molecular weight is 581 g/mol. The predicted octanol–water partition coefficient (Wildman–Crippen LogP) is 6.07. The van der Waals surface area contributed by atoms with Gasteiger partial charge in [0, 0.05) is 43.5 Å². The highest BCUT2D eigenvalue weighted by Gasteiger charge is 2.34. The molecule has 2 aliphatic rings. The van der Waals surface area contributed by atoms with Crippen LogP contribution in [0.2, 0.25) is 0 Å². The second-order valence-electron chi connectivity index (χ2n) is 11.6. The van der Waals surface area contributed by atoms with Gasteiger partial charge in [-0.3, -0.25) is 4.90 Å². The number of carbonyl (C=O) groups is 1. The Labute approximate surface area is 253 Å². The molecule has 0 radical (unpaired) electrons. The molecule has 3 atom stereocenters. The fourth-order valence-corrected chi connectivity index (χ4v) is 6.16. The summed E-state index contributed by atoms with van der Waals surface area (Å²) in [4.78, 5) is 15.0. The molecule has 1 saturated heterocycles. The summed E-state index contributed by atoms with van der Waals surface area (Å²) in [5.41, 5.74) is 4.34. The summed E-state index contributed by atoms with van der Waals surface area (Å²) >= 11 is 0. The Kier molecular flexibility index (Phi) is 8.93. The van der Waals surface area contributed by atoms with Crippen LogP contribution in [0.3, 0.4) is 0 Å². The summed E-state index contributed by atoms with van der Waals surface area (Å²) in [7, 11) is 3.13. The van der Waals surface area contributed by atoms with Crippen molar-refractivity contribution in [2.75, 3.05) is 32.6 Å². The number of rotatable bonds is 11. The van der Waals surface area contributed by atoms with Gasteiger partial charge in [-0.15, -0.1) is 0 Å². The third-order valence-corrected chi connectivity index (χ3v) is 8.68. The number of hydrogen-bond acceptors (Lipinski definition) is 7. The fraction of sp³-hybridized carbons (Fsp3) is 0.371. The van der Waals surface area contributed by atoms with Gasteiger partial charge in [-0.05, 0) is 72.7 Å². The number of nitrogens with zero attached hydrogens (tertiary/aromatic N) is 3. The van der Waals surface area contributed by atoms with Gasteiger partial charge in [0.25, 0.3) is 0 Å². The topological polar surface area (TPSA) is 77.8 Å². The van der Waals surface area contributed by atoms with Gasteiger partial charge in [-0.2, -0.15) is 5.10 Å². The van der Waals surface area contributed by atoms with Crippen molar-refractivity contribution in [3.05, 3.63) is 102 Å². The number of benzene rings is 3. The number of methoxy groups -OCH3 is 2. The van der Waals surface area contributed by atoms with Crippen LogP contribution >= 0.6 is 0 Å². The molecule has 4 aromatic rings. The summed E-state index contributed by atoms with van der Waals surface area (Å²) < 4.78 is 19.0. The van der Waals surface area contributed by atoms with Gasteiger partial charge >= 0.3 is 5.97 Å². The molecular formula is C35H40N4O4. The number of piperidine rings is 1. The molecule has 2 fully saturated rings. The second-order valence-corrected chi connectivity index (χ2v) is 11.6. The maximum atomic E-state index is 12.5. The summed E-state index contributed by atoms with van der Waals surface area (Å²) in [6.07, 6.45) is 8.22. The number of ether oxygens (including phenoxy) is 3. The molecule has 1 N–H and O–H groups in total. The van der Waals surface area contributed by atoms with Crippen LogP contribution in [0, 0.1) is 5.92 Å². The summed E-state index contributed by atoms with van der Waals surface area (Å²) in [5, 5.41) is 8.12. The van der Waals surface area contributed by atoms with Gasteiger partial charge in [0.2, 0.25) is 0 Å². The highest BCUT2D eigenvalue weighted by Crippen LogP contribution is 2.34. The lowest BCUT2D eigenvalue weighted by atomic mass is 9.79. The lowest BCUT2D eigenvalue weighted by Gasteiger charge is -2.37. The van der Waals surface area contributed by atoms with Gasteiger partial charge in [-0.25, -0.2) is 9.48 Å². The van der Waals surface area contributed by atoms with E-state index < -0.39 is 0 Å². The van der Waals surface area contributed by atoms with E-state index in [9.17, 15) is 4.79 Å². The number of hydrogen-bond donors (Lipinski definition) is 1. The highest BCUT2D eigenvalue weighted by molar-refractivity contribution is 5.80. The van der Waals surface area contributed by atoms with Gasteiger partial charge < -0.3 is 19.5 Å².